The molecule has 0 spiro atoms. The Morgan fingerprint density at radius 2 is 2.00 bits per heavy atom. The quantitative estimate of drug-likeness (QED) is 0.526. The van der Waals surface area contributed by atoms with Crippen LogP contribution in [0.3, 0.4) is 0 Å². The summed E-state index contributed by atoms with van der Waals surface area (Å²) in [6.45, 7) is 0. The highest BCUT2D eigenvalue weighted by molar-refractivity contribution is 5.75. The van der Waals surface area contributed by atoms with Crippen molar-refractivity contribution in [2.24, 2.45) is 0 Å². The summed E-state index contributed by atoms with van der Waals surface area (Å²) in [4.78, 5) is 0. The van der Waals surface area contributed by atoms with Crippen LogP contribution in [-0.4, -0.2) is 32.8 Å². The largest absolute Gasteiger partial charge is 0.258 e. The van der Waals surface area contributed by atoms with Crippen LogP contribution in [0.1, 0.15) is 0 Å². The molecule has 0 aliphatic heterocycles. The topological polar surface area (TPSA) is 41.6 Å². The van der Waals surface area contributed by atoms with Crippen molar-refractivity contribution in [2.75, 3.05) is 0 Å². The van der Waals surface area contributed by atoms with Crippen molar-refractivity contribution in [3.8, 4) is 0 Å². The fraction of sp³-hybridized carbons (Fsp3) is 0. The number of fused-ring (bicyclic) bond motifs is 1. The molecular weight excluding hydrogens is 141 g/mol. The number of rotatable bonds is 0. The molecule has 1 N–H and O–H groups in total. The van der Waals surface area contributed by atoms with Crippen LogP contribution in [0.4, 0.5) is 0 Å². The molecular formula is C6H8AlN3. The molecule has 0 radical (unpaired) electrons. The van der Waals surface area contributed by atoms with Gasteiger partial charge in [-0.05, 0) is 12.1 Å². The Morgan fingerprint density at radius 1 is 1.20 bits per heavy atom. The van der Waals surface area contributed by atoms with E-state index < -0.39 is 0 Å². The number of nitrogens with one attached hydrogen (secondary N) is 1. The van der Waals surface area contributed by atoms with Gasteiger partial charge in [0.05, 0.1) is 5.52 Å². The first-order valence-electron chi connectivity index (χ1n) is 2.72. The second-order valence-corrected chi connectivity index (χ2v) is 1.83. The minimum atomic E-state index is 0. The molecule has 10 heavy (non-hydrogen) atoms. The number of benzene rings is 1. The van der Waals surface area contributed by atoms with Crippen LogP contribution in [-0.2, 0) is 0 Å². The zero-order chi connectivity index (χ0) is 6.10. The van der Waals surface area contributed by atoms with Crippen LogP contribution in [0.2, 0.25) is 0 Å². The highest BCUT2D eigenvalue weighted by Gasteiger charge is 1.90. The second-order valence-electron chi connectivity index (χ2n) is 1.83. The minimum Gasteiger partial charge on any atom is -0.258 e. The van der Waals surface area contributed by atoms with Gasteiger partial charge in [-0.25, -0.2) is 0 Å². The zero-order valence-electron chi connectivity index (χ0n) is 4.70. The van der Waals surface area contributed by atoms with Crippen LogP contribution in [0.5, 0.6) is 0 Å². The molecule has 2 rings (SSSR count). The van der Waals surface area contributed by atoms with Gasteiger partial charge in [0.2, 0.25) is 0 Å². The molecule has 0 fully saturated rings. The standard InChI is InChI=1S/C6H5N3.Al.3H/c1-2-4-6-5(3-1)7-9-8-6;;;;/h1-4H,(H,7,8,9);;;;. The molecule has 50 valence electrons. The summed E-state index contributed by atoms with van der Waals surface area (Å²) in [6, 6.07) is 7.74. The minimum absolute atomic E-state index is 0. The number of nitrogens with zero attached hydrogens (tertiary/aromatic N) is 2. The smallest absolute Gasteiger partial charge is 0.187 e. The molecule has 0 aliphatic rings. The van der Waals surface area contributed by atoms with Gasteiger partial charge in [-0.3, -0.25) is 5.10 Å². The van der Waals surface area contributed by atoms with Gasteiger partial charge < -0.3 is 0 Å². The van der Waals surface area contributed by atoms with Crippen LogP contribution < -0.4 is 0 Å². The van der Waals surface area contributed by atoms with Crippen LogP contribution in [0.15, 0.2) is 24.3 Å². The molecule has 3 nitrogen and oxygen atoms in total. The molecule has 0 bridgehead atoms. The molecule has 0 saturated heterocycles. The Labute approximate surface area is 68.6 Å². The first kappa shape index (κ1) is 7.26. The van der Waals surface area contributed by atoms with E-state index in [9.17, 15) is 0 Å². The summed E-state index contributed by atoms with van der Waals surface area (Å²) in [5.41, 5.74) is 1.90. The van der Waals surface area contributed by atoms with Crippen molar-refractivity contribution in [2.45, 2.75) is 0 Å². The average molecular weight is 149 g/mol. The maximum absolute atomic E-state index is 3.81. The third kappa shape index (κ3) is 1.04. The predicted molar refractivity (Wildman–Crippen MR) is 43.8 cm³/mol. The van der Waals surface area contributed by atoms with E-state index in [1.807, 2.05) is 24.3 Å². The van der Waals surface area contributed by atoms with Gasteiger partial charge in [0.1, 0.15) is 5.52 Å². The van der Waals surface area contributed by atoms with Crippen molar-refractivity contribution in [3.05, 3.63) is 24.3 Å². The Balaban J connectivity index is 0.000000500. The Morgan fingerprint density at radius 3 is 2.80 bits per heavy atom. The number of aromatic nitrogens is 3. The molecule has 1 heterocycles. The lowest BCUT2D eigenvalue weighted by molar-refractivity contribution is 0.959. The van der Waals surface area contributed by atoms with Crippen LogP contribution in [0.25, 0.3) is 11.0 Å². The first-order chi connectivity index (χ1) is 4.47. The van der Waals surface area contributed by atoms with Gasteiger partial charge in [0.25, 0.3) is 0 Å². The molecule has 1 aromatic heterocycles. The molecule has 1 aromatic carbocycles. The Kier molecular flexibility index (Phi) is 2.05. The summed E-state index contributed by atoms with van der Waals surface area (Å²) < 4.78 is 0. The highest BCUT2D eigenvalue weighted by Crippen LogP contribution is 2.03. The third-order valence-corrected chi connectivity index (χ3v) is 1.23. The normalized spacial score (nSPS) is 9.20. The van der Waals surface area contributed by atoms with Gasteiger partial charge in [-0.15, -0.1) is 5.10 Å². The van der Waals surface area contributed by atoms with Crippen LogP contribution in [0, 0.1) is 0 Å². The van der Waals surface area contributed by atoms with E-state index in [0.29, 0.717) is 0 Å². The maximum Gasteiger partial charge on any atom is 0.187 e. The number of aromatic amines is 1. The van der Waals surface area contributed by atoms with E-state index in [-0.39, 0.29) is 17.4 Å². The summed E-state index contributed by atoms with van der Waals surface area (Å²) in [5.74, 6) is 0. The van der Waals surface area contributed by atoms with E-state index >= 15 is 0 Å². The van der Waals surface area contributed by atoms with E-state index in [2.05, 4.69) is 15.4 Å². The lowest BCUT2D eigenvalue weighted by Gasteiger charge is -1.79. The van der Waals surface area contributed by atoms with Crippen LogP contribution >= 0.6 is 0 Å². The van der Waals surface area contributed by atoms with Gasteiger partial charge >= 0.3 is 0 Å². The van der Waals surface area contributed by atoms with E-state index in [1.54, 1.807) is 0 Å². The van der Waals surface area contributed by atoms with E-state index in [1.165, 1.54) is 0 Å². The summed E-state index contributed by atoms with van der Waals surface area (Å²) >= 11 is 0. The third-order valence-electron chi connectivity index (χ3n) is 1.23. The Hall–Kier alpha value is -0.848. The SMILES string of the molecule is [AlH3].c1ccc2[nH]nnc2c1. The predicted octanol–water partition coefficient (Wildman–Crippen LogP) is -0.226. The second kappa shape index (κ2) is 2.82. The summed E-state index contributed by atoms with van der Waals surface area (Å²) in [6.07, 6.45) is 0. The van der Waals surface area contributed by atoms with Crippen molar-refractivity contribution in [1.82, 2.24) is 15.4 Å². The van der Waals surface area contributed by atoms with Gasteiger partial charge in [0, 0.05) is 0 Å². The fourth-order valence-electron chi connectivity index (χ4n) is 0.788. The monoisotopic (exact) mass is 149 g/mol. The molecule has 0 saturated carbocycles. The number of para-hydroxylation sites is 1. The fourth-order valence-corrected chi connectivity index (χ4v) is 0.788. The zero-order valence-corrected chi connectivity index (χ0v) is 4.70. The molecule has 0 unspecified atom stereocenters. The van der Waals surface area contributed by atoms with Gasteiger partial charge in [0.15, 0.2) is 17.4 Å². The number of hydrogen-bond donors (Lipinski definition) is 1. The maximum atomic E-state index is 3.81. The van der Waals surface area contributed by atoms with Crippen molar-refractivity contribution < 1.29 is 0 Å². The van der Waals surface area contributed by atoms with Gasteiger partial charge in [-0.2, -0.15) is 0 Å². The molecule has 4 heteroatoms. The van der Waals surface area contributed by atoms with E-state index in [0.717, 1.165) is 11.0 Å². The molecule has 0 atom stereocenters. The Bertz CT molecular complexity index is 287. The van der Waals surface area contributed by atoms with E-state index in [4.69, 9.17) is 0 Å². The summed E-state index contributed by atoms with van der Waals surface area (Å²) in [5, 5.41) is 10.2. The molecule has 0 aliphatic carbocycles. The van der Waals surface area contributed by atoms with Crippen molar-refractivity contribution in [1.29, 1.82) is 0 Å². The molecule has 2 aromatic rings. The van der Waals surface area contributed by atoms with Gasteiger partial charge in [-0.1, -0.05) is 17.3 Å². The summed E-state index contributed by atoms with van der Waals surface area (Å²) in [7, 11) is 0. The highest BCUT2D eigenvalue weighted by atomic mass is 27.0. The van der Waals surface area contributed by atoms with Crippen molar-refractivity contribution >= 4 is 28.4 Å². The van der Waals surface area contributed by atoms with Crippen molar-refractivity contribution in [3.63, 3.8) is 0 Å². The number of hydrogen-bond acceptors (Lipinski definition) is 2. The number of H-pyrrole nitrogens is 1. The first-order valence-corrected chi connectivity index (χ1v) is 2.72. The molecule has 0 amide bonds. The lowest BCUT2D eigenvalue weighted by atomic mass is 10.3. The lowest BCUT2D eigenvalue weighted by Crippen LogP contribution is -1.63. The average Bonchev–Trinajstić information content (AvgIpc) is 2.33.